The van der Waals surface area contributed by atoms with Crippen molar-refractivity contribution in [3.05, 3.63) is 73.1 Å². The highest BCUT2D eigenvalue weighted by Crippen LogP contribution is 2.34. The summed E-state index contributed by atoms with van der Waals surface area (Å²) in [6, 6.07) is 21.1. The molecule has 5 rings (SSSR count). The van der Waals surface area contributed by atoms with Crippen LogP contribution >= 0.6 is 0 Å². The number of para-hydroxylation sites is 2. The van der Waals surface area contributed by atoms with E-state index >= 15 is 0 Å². The smallest absolute Gasteiger partial charge is 0.145 e. The third-order valence-corrected chi connectivity index (χ3v) is 5.41. The molecular weight excluding hydrogens is 346 g/mol. The number of nitrogens with zero attached hydrogens (tertiary/aromatic N) is 4. The molecule has 1 atom stereocenters. The second kappa shape index (κ2) is 7.09. The maximum absolute atomic E-state index is 6.27. The Morgan fingerprint density at radius 2 is 1.71 bits per heavy atom. The molecule has 5 nitrogen and oxygen atoms in total. The first-order valence-electron chi connectivity index (χ1n) is 9.79. The number of rotatable bonds is 3. The minimum Gasteiger partial charge on any atom is -0.368 e. The SMILES string of the molecule is N[C@H]1CCCN(c2ccccc2-n2c(-c3ccccc3)nc3cnccc32)C1. The van der Waals surface area contributed by atoms with Crippen molar-refractivity contribution in [1.82, 2.24) is 14.5 Å². The summed E-state index contributed by atoms with van der Waals surface area (Å²) in [4.78, 5) is 11.6. The molecule has 2 aromatic heterocycles. The quantitative estimate of drug-likeness (QED) is 0.593. The molecule has 140 valence electrons. The van der Waals surface area contributed by atoms with Gasteiger partial charge in [-0.15, -0.1) is 0 Å². The predicted molar refractivity (Wildman–Crippen MR) is 114 cm³/mol. The van der Waals surface area contributed by atoms with Crippen LogP contribution in [0.1, 0.15) is 12.8 Å². The summed E-state index contributed by atoms with van der Waals surface area (Å²) < 4.78 is 2.25. The van der Waals surface area contributed by atoms with Gasteiger partial charge in [0.25, 0.3) is 0 Å². The zero-order valence-electron chi connectivity index (χ0n) is 15.7. The molecule has 28 heavy (non-hydrogen) atoms. The zero-order chi connectivity index (χ0) is 18.9. The van der Waals surface area contributed by atoms with Gasteiger partial charge in [-0.1, -0.05) is 42.5 Å². The summed E-state index contributed by atoms with van der Waals surface area (Å²) in [7, 11) is 0. The van der Waals surface area contributed by atoms with Gasteiger partial charge in [0.15, 0.2) is 0 Å². The molecule has 0 radical (unpaired) electrons. The van der Waals surface area contributed by atoms with Gasteiger partial charge in [-0.2, -0.15) is 0 Å². The summed E-state index contributed by atoms with van der Waals surface area (Å²) in [6.45, 7) is 1.91. The summed E-state index contributed by atoms with van der Waals surface area (Å²) in [5, 5.41) is 0. The lowest BCUT2D eigenvalue weighted by atomic mass is 10.1. The maximum atomic E-state index is 6.27. The van der Waals surface area contributed by atoms with Gasteiger partial charge in [0, 0.05) is 30.9 Å². The van der Waals surface area contributed by atoms with E-state index < -0.39 is 0 Å². The third kappa shape index (κ3) is 2.94. The average molecular weight is 369 g/mol. The Morgan fingerprint density at radius 3 is 2.54 bits per heavy atom. The number of pyridine rings is 1. The second-order valence-electron chi connectivity index (χ2n) is 7.34. The molecular formula is C23H23N5. The maximum Gasteiger partial charge on any atom is 0.145 e. The van der Waals surface area contributed by atoms with Crippen LogP contribution in [0.25, 0.3) is 28.1 Å². The Balaban J connectivity index is 1.74. The van der Waals surface area contributed by atoms with Crippen molar-refractivity contribution in [2.75, 3.05) is 18.0 Å². The number of aromatic nitrogens is 3. The summed E-state index contributed by atoms with van der Waals surface area (Å²) in [6.07, 6.45) is 5.87. The largest absolute Gasteiger partial charge is 0.368 e. The first-order chi connectivity index (χ1) is 13.8. The van der Waals surface area contributed by atoms with Crippen molar-refractivity contribution in [3.63, 3.8) is 0 Å². The normalized spacial score (nSPS) is 17.2. The summed E-state index contributed by atoms with van der Waals surface area (Å²) in [5.74, 6) is 0.928. The van der Waals surface area contributed by atoms with Gasteiger partial charge in [0.1, 0.15) is 11.3 Å². The molecule has 1 saturated heterocycles. The number of hydrogen-bond donors (Lipinski definition) is 1. The van der Waals surface area contributed by atoms with Crippen LogP contribution in [-0.2, 0) is 0 Å². The van der Waals surface area contributed by atoms with Crippen molar-refractivity contribution < 1.29 is 0 Å². The topological polar surface area (TPSA) is 60.0 Å². The fourth-order valence-electron chi connectivity index (χ4n) is 4.11. The molecule has 4 aromatic rings. The van der Waals surface area contributed by atoms with Crippen LogP contribution in [0.2, 0.25) is 0 Å². The fraction of sp³-hybridized carbons (Fsp3) is 0.217. The van der Waals surface area contributed by atoms with Gasteiger partial charge in [-0.05, 0) is 31.0 Å². The highest BCUT2D eigenvalue weighted by atomic mass is 15.2. The van der Waals surface area contributed by atoms with E-state index in [9.17, 15) is 0 Å². The summed E-state index contributed by atoms with van der Waals surface area (Å²) >= 11 is 0. The van der Waals surface area contributed by atoms with Crippen LogP contribution in [0.3, 0.4) is 0 Å². The van der Waals surface area contributed by atoms with Gasteiger partial charge in [0.2, 0.25) is 0 Å². The highest BCUT2D eigenvalue weighted by molar-refractivity contribution is 5.84. The Bertz CT molecular complexity index is 1100. The van der Waals surface area contributed by atoms with Gasteiger partial charge in [0.05, 0.1) is 23.1 Å². The van der Waals surface area contributed by atoms with Crippen molar-refractivity contribution in [2.45, 2.75) is 18.9 Å². The Hall–Kier alpha value is -3.18. The van der Waals surface area contributed by atoms with E-state index in [4.69, 9.17) is 10.7 Å². The minimum atomic E-state index is 0.221. The molecule has 0 amide bonds. The first-order valence-corrected chi connectivity index (χ1v) is 9.79. The Kier molecular flexibility index (Phi) is 4.29. The van der Waals surface area contributed by atoms with Crippen LogP contribution in [0.15, 0.2) is 73.1 Å². The Morgan fingerprint density at radius 1 is 0.929 bits per heavy atom. The molecule has 3 heterocycles. The van der Waals surface area contributed by atoms with Gasteiger partial charge < -0.3 is 10.6 Å². The third-order valence-electron chi connectivity index (χ3n) is 5.41. The van der Waals surface area contributed by atoms with Gasteiger partial charge in [-0.3, -0.25) is 9.55 Å². The molecule has 0 aliphatic carbocycles. The number of fused-ring (bicyclic) bond motifs is 1. The van der Waals surface area contributed by atoms with Crippen LogP contribution < -0.4 is 10.6 Å². The van der Waals surface area contributed by atoms with Crippen molar-refractivity contribution in [2.24, 2.45) is 5.73 Å². The molecule has 0 spiro atoms. The van der Waals surface area contributed by atoms with Crippen LogP contribution in [-0.4, -0.2) is 33.7 Å². The molecule has 0 saturated carbocycles. The van der Waals surface area contributed by atoms with Crippen LogP contribution in [0.5, 0.6) is 0 Å². The lowest BCUT2D eigenvalue weighted by molar-refractivity contribution is 0.506. The molecule has 0 bridgehead atoms. The number of anilines is 1. The first kappa shape index (κ1) is 17.0. The second-order valence-corrected chi connectivity index (χ2v) is 7.34. The predicted octanol–water partition coefficient (Wildman–Crippen LogP) is 4.02. The van der Waals surface area contributed by atoms with E-state index in [1.54, 1.807) is 0 Å². The van der Waals surface area contributed by atoms with E-state index in [1.807, 2.05) is 36.7 Å². The molecule has 5 heteroatoms. The van der Waals surface area contributed by atoms with E-state index in [0.29, 0.717) is 0 Å². The van der Waals surface area contributed by atoms with Crippen molar-refractivity contribution in [1.29, 1.82) is 0 Å². The number of benzene rings is 2. The summed E-state index contributed by atoms with van der Waals surface area (Å²) in [5.41, 5.74) is 11.6. The number of imidazole rings is 1. The van der Waals surface area contributed by atoms with E-state index in [1.165, 1.54) is 5.69 Å². The van der Waals surface area contributed by atoms with E-state index in [0.717, 1.165) is 54.0 Å². The molecule has 1 aliphatic heterocycles. The number of nitrogens with two attached hydrogens (primary N) is 1. The molecule has 2 aromatic carbocycles. The highest BCUT2D eigenvalue weighted by Gasteiger charge is 2.22. The van der Waals surface area contributed by atoms with Gasteiger partial charge >= 0.3 is 0 Å². The molecule has 0 unspecified atom stereocenters. The van der Waals surface area contributed by atoms with E-state index in [-0.39, 0.29) is 6.04 Å². The monoisotopic (exact) mass is 369 g/mol. The molecule has 1 aliphatic rings. The van der Waals surface area contributed by atoms with Crippen molar-refractivity contribution in [3.8, 4) is 17.1 Å². The molecule has 2 N–H and O–H groups in total. The van der Waals surface area contributed by atoms with Crippen molar-refractivity contribution >= 4 is 16.7 Å². The Labute approximate surface area is 164 Å². The number of piperidine rings is 1. The lowest BCUT2D eigenvalue weighted by Crippen LogP contribution is -2.43. The lowest BCUT2D eigenvalue weighted by Gasteiger charge is -2.34. The van der Waals surface area contributed by atoms with Crippen LogP contribution in [0.4, 0.5) is 5.69 Å². The fourth-order valence-corrected chi connectivity index (χ4v) is 4.11. The average Bonchev–Trinajstić information content (AvgIpc) is 3.14. The zero-order valence-corrected chi connectivity index (χ0v) is 15.7. The standard InChI is InChI=1S/C23H23N5/c24-18-9-6-14-27(16-18)21-10-4-5-11-22(21)28-20-12-13-25-15-19(20)26-23(28)17-7-2-1-3-8-17/h1-5,7-8,10-13,15,18H,6,9,14,16,24H2/t18-/m0/s1. The van der Waals surface area contributed by atoms with Crippen LogP contribution in [0, 0.1) is 0 Å². The molecule has 1 fully saturated rings. The minimum absolute atomic E-state index is 0.221. The van der Waals surface area contributed by atoms with E-state index in [2.05, 4.69) is 50.8 Å². The number of hydrogen-bond acceptors (Lipinski definition) is 4. The van der Waals surface area contributed by atoms with Gasteiger partial charge in [-0.25, -0.2) is 4.98 Å².